The second-order valence-corrected chi connectivity index (χ2v) is 6.46. The number of ether oxygens (including phenoxy) is 1. The highest BCUT2D eigenvalue weighted by Gasteiger charge is 2.24. The maximum absolute atomic E-state index is 14.1. The van der Waals surface area contributed by atoms with E-state index in [1.807, 2.05) is 0 Å². The van der Waals surface area contributed by atoms with Crippen molar-refractivity contribution in [1.82, 2.24) is 19.7 Å². The first-order valence-corrected chi connectivity index (χ1v) is 8.52. The van der Waals surface area contributed by atoms with E-state index in [1.165, 1.54) is 10.7 Å². The number of aryl methyl sites for hydroxylation is 1. The van der Waals surface area contributed by atoms with Gasteiger partial charge in [0.15, 0.2) is 5.75 Å². The van der Waals surface area contributed by atoms with Crippen LogP contribution in [0.5, 0.6) is 5.75 Å². The Labute approximate surface area is 152 Å². The first-order chi connectivity index (χ1) is 13.0. The van der Waals surface area contributed by atoms with Gasteiger partial charge in [-0.1, -0.05) is 6.07 Å². The SMILES string of the molecule is Cn1nc(CN2CCOCC2)c2c(=O)c(O)c(-c3c(F)cccc3F)[nH]c21. The van der Waals surface area contributed by atoms with E-state index < -0.39 is 28.4 Å². The predicted molar refractivity (Wildman–Crippen MR) is 94.4 cm³/mol. The molecule has 0 amide bonds. The van der Waals surface area contributed by atoms with Gasteiger partial charge in [0.25, 0.3) is 0 Å². The number of morpholine rings is 1. The molecule has 0 radical (unpaired) electrons. The van der Waals surface area contributed by atoms with Gasteiger partial charge in [0.1, 0.15) is 17.3 Å². The first kappa shape index (κ1) is 17.6. The van der Waals surface area contributed by atoms with Crippen LogP contribution in [-0.4, -0.2) is 51.1 Å². The molecule has 1 aromatic carbocycles. The molecule has 0 unspecified atom stereocenters. The molecule has 7 nitrogen and oxygen atoms in total. The maximum Gasteiger partial charge on any atom is 0.235 e. The topological polar surface area (TPSA) is 83.4 Å². The third kappa shape index (κ3) is 2.98. The summed E-state index contributed by atoms with van der Waals surface area (Å²) in [6.07, 6.45) is 0. The van der Waals surface area contributed by atoms with Crippen LogP contribution in [0.15, 0.2) is 23.0 Å². The molecule has 2 N–H and O–H groups in total. The third-order valence-corrected chi connectivity index (χ3v) is 4.73. The number of nitrogens with one attached hydrogen (secondary N) is 1. The average molecular weight is 376 g/mol. The molecular weight excluding hydrogens is 358 g/mol. The van der Waals surface area contributed by atoms with E-state index in [-0.39, 0.29) is 11.1 Å². The number of nitrogens with zero attached hydrogens (tertiary/aromatic N) is 3. The minimum absolute atomic E-state index is 0.210. The molecule has 0 atom stereocenters. The number of pyridine rings is 1. The summed E-state index contributed by atoms with van der Waals surface area (Å²) in [5, 5.41) is 15.0. The van der Waals surface area contributed by atoms with Crippen molar-refractivity contribution in [3.8, 4) is 17.0 Å². The van der Waals surface area contributed by atoms with Crippen LogP contribution in [0.2, 0.25) is 0 Å². The smallest absolute Gasteiger partial charge is 0.235 e. The lowest BCUT2D eigenvalue weighted by atomic mass is 10.1. The van der Waals surface area contributed by atoms with Crippen LogP contribution in [0.1, 0.15) is 5.69 Å². The molecule has 142 valence electrons. The number of rotatable bonds is 3. The number of halogens is 2. The Hall–Kier alpha value is -2.78. The van der Waals surface area contributed by atoms with E-state index in [2.05, 4.69) is 15.0 Å². The largest absolute Gasteiger partial charge is 0.503 e. The number of hydrogen-bond acceptors (Lipinski definition) is 5. The van der Waals surface area contributed by atoms with Gasteiger partial charge in [0, 0.05) is 26.7 Å². The number of hydrogen-bond donors (Lipinski definition) is 2. The van der Waals surface area contributed by atoms with Gasteiger partial charge in [-0.15, -0.1) is 0 Å². The minimum atomic E-state index is -0.879. The van der Waals surface area contributed by atoms with Crippen molar-refractivity contribution in [2.24, 2.45) is 7.05 Å². The summed E-state index contributed by atoms with van der Waals surface area (Å²) in [5.41, 5.74) is -0.711. The Bertz CT molecular complexity index is 1050. The number of H-pyrrole nitrogens is 1. The Kier molecular flexibility index (Phi) is 4.40. The van der Waals surface area contributed by atoms with Gasteiger partial charge in [-0.05, 0) is 12.1 Å². The fourth-order valence-corrected chi connectivity index (χ4v) is 3.37. The molecule has 2 aromatic heterocycles. The van der Waals surface area contributed by atoms with E-state index in [4.69, 9.17) is 4.74 Å². The summed E-state index contributed by atoms with van der Waals surface area (Å²) < 4.78 is 35.0. The lowest BCUT2D eigenvalue weighted by Crippen LogP contribution is -2.36. The van der Waals surface area contributed by atoms with Gasteiger partial charge in [-0.25, -0.2) is 8.78 Å². The van der Waals surface area contributed by atoms with Crippen LogP contribution < -0.4 is 5.43 Å². The Morgan fingerprint density at radius 2 is 1.93 bits per heavy atom. The molecule has 0 bridgehead atoms. The van der Waals surface area contributed by atoms with Crippen molar-refractivity contribution < 1.29 is 18.6 Å². The first-order valence-electron chi connectivity index (χ1n) is 8.52. The highest BCUT2D eigenvalue weighted by Crippen LogP contribution is 2.31. The summed E-state index contributed by atoms with van der Waals surface area (Å²) >= 11 is 0. The fourth-order valence-electron chi connectivity index (χ4n) is 3.37. The fraction of sp³-hybridized carbons (Fsp3) is 0.333. The molecule has 0 aliphatic carbocycles. The van der Waals surface area contributed by atoms with Gasteiger partial charge in [-0.2, -0.15) is 5.10 Å². The highest BCUT2D eigenvalue weighted by molar-refractivity contribution is 5.84. The molecule has 1 aliphatic rings. The lowest BCUT2D eigenvalue weighted by Gasteiger charge is -2.25. The van der Waals surface area contributed by atoms with Gasteiger partial charge in [0.05, 0.1) is 35.6 Å². The van der Waals surface area contributed by atoms with Crippen molar-refractivity contribution in [2.45, 2.75) is 6.54 Å². The lowest BCUT2D eigenvalue weighted by molar-refractivity contribution is 0.0337. The quantitative estimate of drug-likeness (QED) is 0.728. The Morgan fingerprint density at radius 3 is 2.59 bits per heavy atom. The number of aromatic hydroxyl groups is 1. The number of fused-ring (bicyclic) bond motifs is 1. The van der Waals surface area contributed by atoms with Crippen LogP contribution >= 0.6 is 0 Å². The molecular formula is C18H18F2N4O3. The third-order valence-electron chi connectivity index (χ3n) is 4.73. The van der Waals surface area contributed by atoms with Crippen LogP contribution in [0.4, 0.5) is 8.78 Å². The zero-order valence-electron chi connectivity index (χ0n) is 14.6. The van der Waals surface area contributed by atoms with E-state index in [0.29, 0.717) is 44.2 Å². The number of aromatic nitrogens is 3. The molecule has 1 aliphatic heterocycles. The van der Waals surface area contributed by atoms with E-state index >= 15 is 0 Å². The van der Waals surface area contributed by atoms with Gasteiger partial charge < -0.3 is 14.8 Å². The van der Waals surface area contributed by atoms with Crippen molar-refractivity contribution in [1.29, 1.82) is 0 Å². The van der Waals surface area contributed by atoms with Gasteiger partial charge in [0.2, 0.25) is 5.43 Å². The number of benzene rings is 1. The minimum Gasteiger partial charge on any atom is -0.503 e. The average Bonchev–Trinajstić information content (AvgIpc) is 2.95. The normalized spacial score (nSPS) is 15.5. The predicted octanol–water partition coefficient (Wildman–Crippen LogP) is 1.74. The summed E-state index contributed by atoms with van der Waals surface area (Å²) in [4.78, 5) is 17.7. The van der Waals surface area contributed by atoms with E-state index in [9.17, 15) is 18.7 Å². The molecule has 0 spiro atoms. The zero-order chi connectivity index (χ0) is 19.1. The van der Waals surface area contributed by atoms with Crippen molar-refractivity contribution in [2.75, 3.05) is 26.3 Å². The Morgan fingerprint density at radius 1 is 1.26 bits per heavy atom. The van der Waals surface area contributed by atoms with Crippen molar-refractivity contribution in [3.63, 3.8) is 0 Å². The Balaban J connectivity index is 1.88. The molecule has 4 rings (SSSR count). The van der Waals surface area contributed by atoms with E-state index in [1.54, 1.807) is 7.05 Å². The van der Waals surface area contributed by atoms with Crippen LogP contribution in [0, 0.1) is 11.6 Å². The molecule has 9 heteroatoms. The second kappa shape index (κ2) is 6.75. The maximum atomic E-state index is 14.1. The van der Waals surface area contributed by atoms with Gasteiger partial charge in [-0.3, -0.25) is 14.4 Å². The monoisotopic (exact) mass is 376 g/mol. The standard InChI is InChI=1S/C18H18F2N4O3/c1-23-18-14(12(22-23)9-24-5-7-27-8-6-24)16(25)17(26)15(21-18)13-10(19)3-2-4-11(13)20/h2-4,26H,5-9H2,1H3,(H,21,25). The van der Waals surface area contributed by atoms with Crippen molar-refractivity contribution in [3.05, 3.63) is 45.8 Å². The second-order valence-electron chi connectivity index (χ2n) is 6.46. The van der Waals surface area contributed by atoms with Crippen LogP contribution in [0.3, 0.4) is 0 Å². The molecule has 3 aromatic rings. The summed E-state index contributed by atoms with van der Waals surface area (Å²) in [5.74, 6) is -2.49. The number of aromatic amines is 1. The summed E-state index contributed by atoms with van der Waals surface area (Å²) in [6.45, 7) is 3.03. The molecule has 0 saturated carbocycles. The summed E-state index contributed by atoms with van der Waals surface area (Å²) in [6, 6.07) is 3.34. The van der Waals surface area contributed by atoms with Gasteiger partial charge >= 0.3 is 0 Å². The van der Waals surface area contributed by atoms with E-state index in [0.717, 1.165) is 12.1 Å². The van der Waals surface area contributed by atoms with Crippen molar-refractivity contribution >= 4 is 11.0 Å². The van der Waals surface area contributed by atoms with Crippen LogP contribution in [0.25, 0.3) is 22.3 Å². The van der Waals surface area contributed by atoms with Crippen LogP contribution in [-0.2, 0) is 18.3 Å². The summed E-state index contributed by atoms with van der Waals surface area (Å²) in [7, 11) is 1.62. The molecule has 3 heterocycles. The molecule has 1 saturated heterocycles. The molecule has 27 heavy (non-hydrogen) atoms. The highest BCUT2D eigenvalue weighted by atomic mass is 19.1. The molecule has 1 fully saturated rings. The zero-order valence-corrected chi connectivity index (χ0v) is 14.6.